The van der Waals surface area contributed by atoms with Crippen molar-refractivity contribution in [3.63, 3.8) is 0 Å². The van der Waals surface area contributed by atoms with Crippen molar-refractivity contribution in [2.24, 2.45) is 0 Å². The van der Waals surface area contributed by atoms with Crippen LogP contribution in [0.25, 0.3) is 0 Å². The van der Waals surface area contributed by atoms with Crippen LogP contribution < -0.4 is 10.1 Å². The second-order valence-electron chi connectivity index (χ2n) is 7.37. The van der Waals surface area contributed by atoms with Crippen molar-refractivity contribution >= 4 is 27.7 Å². The van der Waals surface area contributed by atoms with Gasteiger partial charge in [0.15, 0.2) is 6.61 Å². The van der Waals surface area contributed by atoms with Gasteiger partial charge >= 0.3 is 0 Å². The van der Waals surface area contributed by atoms with E-state index in [9.17, 15) is 9.59 Å². The summed E-state index contributed by atoms with van der Waals surface area (Å²) in [5.41, 5.74) is 3.26. The molecule has 0 fully saturated rings. The number of nitrogens with zero attached hydrogens (tertiary/aromatic N) is 1. The van der Waals surface area contributed by atoms with Gasteiger partial charge in [-0.1, -0.05) is 44.2 Å². The van der Waals surface area contributed by atoms with Crippen molar-refractivity contribution in [1.82, 2.24) is 10.2 Å². The number of carbonyl (C=O) groups excluding carboxylic acids is 2. The molecule has 0 bridgehead atoms. The highest BCUT2D eigenvalue weighted by molar-refractivity contribution is 9.10. The summed E-state index contributed by atoms with van der Waals surface area (Å²) in [6.07, 6.45) is 0. The molecule has 0 aliphatic heterocycles. The standard InChI is InChI=1S/C23H29BrN2O3/c1-15(2)18-10-11-21(20(24)12-18)29-14-22(27)26(17(4)23(28)25-5)13-19-9-7-6-8-16(19)3/h6-12,15,17H,13-14H2,1-5H3,(H,25,28). The molecule has 1 N–H and O–H groups in total. The minimum absolute atomic E-state index is 0.146. The molecule has 156 valence electrons. The molecule has 0 saturated carbocycles. The normalized spacial score (nSPS) is 11.8. The van der Waals surface area contributed by atoms with Gasteiger partial charge in [0.2, 0.25) is 5.91 Å². The number of hydrogen-bond acceptors (Lipinski definition) is 3. The summed E-state index contributed by atoms with van der Waals surface area (Å²) in [4.78, 5) is 26.7. The van der Waals surface area contributed by atoms with Gasteiger partial charge < -0.3 is 15.0 Å². The molecule has 2 aromatic carbocycles. The first kappa shape index (κ1) is 22.9. The molecular weight excluding hydrogens is 432 g/mol. The highest BCUT2D eigenvalue weighted by Gasteiger charge is 2.26. The van der Waals surface area contributed by atoms with Crippen LogP contribution in [-0.2, 0) is 16.1 Å². The molecule has 29 heavy (non-hydrogen) atoms. The number of carbonyl (C=O) groups is 2. The lowest BCUT2D eigenvalue weighted by molar-refractivity contribution is -0.142. The monoisotopic (exact) mass is 460 g/mol. The minimum Gasteiger partial charge on any atom is -0.483 e. The molecule has 2 rings (SSSR count). The van der Waals surface area contributed by atoms with Crippen LogP contribution in [-0.4, -0.2) is 36.4 Å². The third-order valence-corrected chi connectivity index (χ3v) is 5.61. The quantitative estimate of drug-likeness (QED) is 0.633. The summed E-state index contributed by atoms with van der Waals surface area (Å²) < 4.78 is 6.58. The molecule has 0 aromatic heterocycles. The number of halogens is 1. The maximum Gasteiger partial charge on any atom is 0.261 e. The third-order valence-electron chi connectivity index (χ3n) is 4.99. The Hall–Kier alpha value is -2.34. The number of amides is 2. The number of benzene rings is 2. The number of aryl methyl sites for hydroxylation is 1. The smallest absolute Gasteiger partial charge is 0.261 e. The number of rotatable bonds is 8. The first-order valence-electron chi connectivity index (χ1n) is 9.72. The van der Waals surface area contributed by atoms with Gasteiger partial charge in [-0.25, -0.2) is 0 Å². The molecule has 0 aliphatic rings. The molecule has 0 aliphatic carbocycles. The average Bonchev–Trinajstić information content (AvgIpc) is 2.70. The zero-order valence-corrected chi connectivity index (χ0v) is 19.2. The fourth-order valence-electron chi connectivity index (χ4n) is 2.98. The molecular formula is C23H29BrN2O3. The van der Waals surface area contributed by atoms with E-state index in [1.165, 1.54) is 5.56 Å². The molecule has 0 spiro atoms. The largest absolute Gasteiger partial charge is 0.483 e. The number of ether oxygens (including phenoxy) is 1. The summed E-state index contributed by atoms with van der Waals surface area (Å²) in [7, 11) is 1.57. The van der Waals surface area contributed by atoms with Crippen molar-refractivity contribution in [3.05, 3.63) is 63.6 Å². The predicted molar refractivity (Wildman–Crippen MR) is 119 cm³/mol. The van der Waals surface area contributed by atoms with Crippen LogP contribution in [0.15, 0.2) is 46.9 Å². The molecule has 2 aromatic rings. The molecule has 6 heteroatoms. The van der Waals surface area contributed by atoms with E-state index in [-0.39, 0.29) is 18.4 Å². The number of nitrogens with one attached hydrogen (secondary N) is 1. The molecule has 0 saturated heterocycles. The molecule has 2 amide bonds. The SMILES string of the molecule is CNC(=O)C(C)N(Cc1ccccc1C)C(=O)COc1ccc(C(C)C)cc1Br. The van der Waals surface area contributed by atoms with Gasteiger partial charge in [0.05, 0.1) is 4.47 Å². The van der Waals surface area contributed by atoms with Gasteiger partial charge in [-0.2, -0.15) is 0 Å². The summed E-state index contributed by atoms with van der Waals surface area (Å²) in [6.45, 7) is 8.16. The molecule has 5 nitrogen and oxygen atoms in total. The zero-order chi connectivity index (χ0) is 21.6. The fraction of sp³-hybridized carbons (Fsp3) is 0.391. The van der Waals surface area contributed by atoms with E-state index in [2.05, 4.69) is 35.1 Å². The van der Waals surface area contributed by atoms with Crippen LogP contribution in [0, 0.1) is 6.92 Å². The lowest BCUT2D eigenvalue weighted by Crippen LogP contribution is -2.48. The van der Waals surface area contributed by atoms with E-state index >= 15 is 0 Å². The minimum atomic E-state index is -0.609. The van der Waals surface area contributed by atoms with Crippen LogP contribution >= 0.6 is 15.9 Å². The fourth-order valence-corrected chi connectivity index (χ4v) is 3.49. The van der Waals surface area contributed by atoms with Gasteiger partial charge in [0, 0.05) is 13.6 Å². The van der Waals surface area contributed by atoms with Gasteiger partial charge in [0.25, 0.3) is 5.91 Å². The third kappa shape index (κ3) is 6.07. The van der Waals surface area contributed by atoms with Crippen LogP contribution in [0.1, 0.15) is 43.4 Å². The lowest BCUT2D eigenvalue weighted by Gasteiger charge is -2.29. The Morgan fingerprint density at radius 1 is 1.14 bits per heavy atom. The van der Waals surface area contributed by atoms with Gasteiger partial charge in [-0.15, -0.1) is 0 Å². The Balaban J connectivity index is 2.17. The summed E-state index contributed by atoms with van der Waals surface area (Å²) in [5.74, 6) is 0.546. The van der Waals surface area contributed by atoms with Crippen LogP contribution in [0.3, 0.4) is 0 Å². The van der Waals surface area contributed by atoms with E-state index in [4.69, 9.17) is 4.74 Å². The number of hydrogen-bond donors (Lipinski definition) is 1. The molecule has 1 atom stereocenters. The second kappa shape index (κ2) is 10.4. The Bertz CT molecular complexity index is 867. The predicted octanol–water partition coefficient (Wildman–Crippen LogP) is 4.42. The first-order valence-corrected chi connectivity index (χ1v) is 10.5. The summed E-state index contributed by atoms with van der Waals surface area (Å²) in [6, 6.07) is 13.1. The maximum absolute atomic E-state index is 13.0. The van der Waals surface area contributed by atoms with Crippen LogP contribution in [0.5, 0.6) is 5.75 Å². The lowest BCUT2D eigenvalue weighted by atomic mass is 10.0. The van der Waals surface area contributed by atoms with Crippen molar-refractivity contribution in [3.8, 4) is 5.75 Å². The van der Waals surface area contributed by atoms with E-state index in [0.29, 0.717) is 18.2 Å². The van der Waals surface area contributed by atoms with Crippen molar-refractivity contribution in [1.29, 1.82) is 0 Å². The molecule has 0 radical (unpaired) electrons. The average molecular weight is 461 g/mol. The molecule has 1 unspecified atom stereocenters. The van der Waals surface area contributed by atoms with E-state index in [0.717, 1.165) is 15.6 Å². The van der Waals surface area contributed by atoms with Gasteiger partial charge in [0.1, 0.15) is 11.8 Å². The van der Waals surface area contributed by atoms with E-state index in [1.54, 1.807) is 18.9 Å². The van der Waals surface area contributed by atoms with E-state index < -0.39 is 6.04 Å². The first-order chi connectivity index (χ1) is 13.7. The van der Waals surface area contributed by atoms with Crippen molar-refractivity contribution < 1.29 is 14.3 Å². The second-order valence-corrected chi connectivity index (χ2v) is 8.23. The molecule has 0 heterocycles. The Kier molecular flexibility index (Phi) is 8.26. The highest BCUT2D eigenvalue weighted by Crippen LogP contribution is 2.29. The number of likely N-dealkylation sites (N-methyl/N-ethyl adjacent to an activating group) is 1. The Morgan fingerprint density at radius 2 is 1.83 bits per heavy atom. The summed E-state index contributed by atoms with van der Waals surface area (Å²) >= 11 is 3.52. The van der Waals surface area contributed by atoms with E-state index in [1.807, 2.05) is 49.4 Å². The maximum atomic E-state index is 13.0. The topological polar surface area (TPSA) is 58.6 Å². The van der Waals surface area contributed by atoms with Crippen molar-refractivity contribution in [2.75, 3.05) is 13.7 Å². The Labute approximate surface area is 181 Å². The summed E-state index contributed by atoms with van der Waals surface area (Å²) in [5, 5.41) is 2.62. The Morgan fingerprint density at radius 3 is 2.41 bits per heavy atom. The highest BCUT2D eigenvalue weighted by atomic mass is 79.9. The van der Waals surface area contributed by atoms with Crippen LogP contribution in [0.2, 0.25) is 0 Å². The zero-order valence-electron chi connectivity index (χ0n) is 17.7. The van der Waals surface area contributed by atoms with Crippen LogP contribution in [0.4, 0.5) is 0 Å². The van der Waals surface area contributed by atoms with Gasteiger partial charge in [-0.05, 0) is 64.5 Å². The van der Waals surface area contributed by atoms with Crippen molar-refractivity contribution in [2.45, 2.75) is 46.2 Å². The van der Waals surface area contributed by atoms with Gasteiger partial charge in [-0.3, -0.25) is 9.59 Å².